The van der Waals surface area contributed by atoms with E-state index in [0.29, 0.717) is 6.61 Å². The Bertz CT molecular complexity index is 874. The minimum Gasteiger partial charge on any atom is -0.492 e. The molecule has 0 unspecified atom stereocenters. The van der Waals surface area contributed by atoms with Gasteiger partial charge in [-0.05, 0) is 18.2 Å². The molecule has 0 saturated carbocycles. The molecule has 2 aromatic carbocycles. The summed E-state index contributed by atoms with van der Waals surface area (Å²) in [5.74, 6) is 1.95. The van der Waals surface area contributed by atoms with Crippen LogP contribution in [-0.4, -0.2) is 45.9 Å². The van der Waals surface area contributed by atoms with E-state index in [9.17, 15) is 5.11 Å². The molecule has 0 amide bonds. The smallest absolute Gasteiger partial charge is 0.124 e. The lowest BCUT2D eigenvalue weighted by atomic mass is 10.0. The summed E-state index contributed by atoms with van der Waals surface area (Å²) in [4.78, 5) is 7.05. The van der Waals surface area contributed by atoms with Crippen LogP contribution in [0.4, 0.5) is 0 Å². The average molecular weight is 337 g/mol. The maximum atomic E-state index is 9.98. The fourth-order valence-electron chi connectivity index (χ4n) is 3.66. The van der Waals surface area contributed by atoms with E-state index in [1.54, 1.807) is 0 Å². The van der Waals surface area contributed by atoms with Gasteiger partial charge in [-0.25, -0.2) is 4.98 Å². The number of fused-ring (bicyclic) bond motifs is 2. The predicted octanol–water partition coefficient (Wildman–Crippen LogP) is 2.54. The van der Waals surface area contributed by atoms with Gasteiger partial charge in [0.15, 0.2) is 0 Å². The number of rotatable bonds is 4. The van der Waals surface area contributed by atoms with Gasteiger partial charge in [-0.1, -0.05) is 30.3 Å². The first-order valence-corrected chi connectivity index (χ1v) is 8.75. The van der Waals surface area contributed by atoms with Crippen LogP contribution in [0.25, 0.3) is 11.0 Å². The lowest BCUT2D eigenvalue weighted by molar-refractivity contribution is 0.121. The van der Waals surface area contributed by atoms with E-state index in [2.05, 4.69) is 22.6 Å². The molecule has 5 heteroatoms. The van der Waals surface area contributed by atoms with Crippen molar-refractivity contribution in [3.63, 3.8) is 0 Å². The number of aliphatic hydroxyl groups excluding tert-OH is 1. The summed E-state index contributed by atoms with van der Waals surface area (Å²) >= 11 is 0. The molecule has 1 aliphatic heterocycles. The minimum absolute atomic E-state index is 0.0339. The Kier molecular flexibility index (Phi) is 4.42. The molecule has 0 bridgehead atoms. The summed E-state index contributed by atoms with van der Waals surface area (Å²) in [5.41, 5.74) is 3.25. The van der Waals surface area contributed by atoms with Crippen molar-refractivity contribution in [1.29, 1.82) is 0 Å². The third-order valence-electron chi connectivity index (χ3n) is 5.03. The number of aromatic nitrogens is 2. The first-order chi connectivity index (χ1) is 12.3. The lowest BCUT2D eigenvalue weighted by Gasteiger charge is -2.28. The van der Waals surface area contributed by atoms with Crippen molar-refractivity contribution >= 4 is 11.0 Å². The maximum Gasteiger partial charge on any atom is 0.124 e. The quantitative estimate of drug-likeness (QED) is 0.795. The first-order valence-electron chi connectivity index (χ1n) is 8.75. The Balaban J connectivity index is 1.56. The van der Waals surface area contributed by atoms with E-state index in [1.807, 2.05) is 42.5 Å². The number of para-hydroxylation sites is 3. The van der Waals surface area contributed by atoms with Gasteiger partial charge < -0.3 is 14.4 Å². The maximum absolute atomic E-state index is 9.98. The van der Waals surface area contributed by atoms with Gasteiger partial charge in [0, 0.05) is 32.1 Å². The highest BCUT2D eigenvalue weighted by atomic mass is 16.5. The van der Waals surface area contributed by atoms with E-state index in [4.69, 9.17) is 9.72 Å². The van der Waals surface area contributed by atoms with Crippen molar-refractivity contribution in [3.8, 4) is 5.75 Å². The Morgan fingerprint density at radius 3 is 2.80 bits per heavy atom. The number of benzene rings is 2. The molecule has 0 fully saturated rings. The van der Waals surface area contributed by atoms with Gasteiger partial charge >= 0.3 is 0 Å². The Labute approximate surface area is 147 Å². The van der Waals surface area contributed by atoms with Crippen molar-refractivity contribution in [2.75, 3.05) is 26.3 Å². The fraction of sp³-hybridized carbons (Fsp3) is 0.350. The fourth-order valence-corrected chi connectivity index (χ4v) is 3.66. The second-order valence-electron chi connectivity index (χ2n) is 6.45. The van der Waals surface area contributed by atoms with Crippen LogP contribution in [0.2, 0.25) is 0 Å². The molecule has 1 atom stereocenters. The van der Waals surface area contributed by atoms with E-state index in [0.717, 1.165) is 47.7 Å². The molecule has 1 aromatic heterocycles. The molecule has 4 rings (SSSR count). The molecule has 25 heavy (non-hydrogen) atoms. The number of nitrogens with zero attached hydrogens (tertiary/aromatic N) is 3. The number of imidazole rings is 1. The molecule has 2 heterocycles. The van der Waals surface area contributed by atoms with E-state index in [-0.39, 0.29) is 12.6 Å². The van der Waals surface area contributed by atoms with Gasteiger partial charge in [-0.2, -0.15) is 0 Å². The van der Waals surface area contributed by atoms with Gasteiger partial charge in [-0.15, -0.1) is 0 Å². The Morgan fingerprint density at radius 1 is 1.16 bits per heavy atom. The summed E-state index contributed by atoms with van der Waals surface area (Å²) in [6, 6.07) is 16.2. The Hall–Kier alpha value is -2.37. The summed E-state index contributed by atoms with van der Waals surface area (Å²) in [5, 5.41) is 9.98. The molecular weight excluding hydrogens is 314 g/mol. The van der Waals surface area contributed by atoms with Gasteiger partial charge in [0.1, 0.15) is 18.2 Å². The van der Waals surface area contributed by atoms with Crippen LogP contribution in [0.5, 0.6) is 5.75 Å². The number of hydrogen-bond acceptors (Lipinski definition) is 4. The predicted molar refractivity (Wildman–Crippen MR) is 97.8 cm³/mol. The number of aryl methyl sites for hydroxylation is 1. The summed E-state index contributed by atoms with van der Waals surface area (Å²) in [6.45, 7) is 2.35. The van der Waals surface area contributed by atoms with Crippen molar-refractivity contribution < 1.29 is 9.84 Å². The first kappa shape index (κ1) is 16.1. The van der Waals surface area contributed by atoms with Crippen LogP contribution in [0.15, 0.2) is 48.5 Å². The normalized spacial score (nSPS) is 17.9. The van der Waals surface area contributed by atoms with E-state index >= 15 is 0 Å². The average Bonchev–Trinajstić information content (AvgIpc) is 2.85. The van der Waals surface area contributed by atoms with Crippen LogP contribution < -0.4 is 4.74 Å². The zero-order valence-corrected chi connectivity index (χ0v) is 14.4. The molecule has 0 aliphatic carbocycles. The molecule has 1 aliphatic rings. The SMILES string of the molecule is Cn1c(CCN2CCOc3ccccc3[C@@H]2CO)nc2ccccc21. The minimum atomic E-state index is -0.0339. The van der Waals surface area contributed by atoms with Crippen LogP contribution >= 0.6 is 0 Å². The Morgan fingerprint density at radius 2 is 1.96 bits per heavy atom. The van der Waals surface area contributed by atoms with Gasteiger partial charge in [0.05, 0.1) is 23.7 Å². The molecular formula is C20H23N3O2. The molecule has 5 nitrogen and oxygen atoms in total. The van der Waals surface area contributed by atoms with Crippen molar-refractivity contribution in [2.45, 2.75) is 12.5 Å². The summed E-state index contributed by atoms with van der Waals surface area (Å²) in [6.07, 6.45) is 0.837. The van der Waals surface area contributed by atoms with Crippen LogP contribution in [-0.2, 0) is 13.5 Å². The summed E-state index contributed by atoms with van der Waals surface area (Å²) < 4.78 is 8.02. The van der Waals surface area contributed by atoms with Gasteiger partial charge in [-0.3, -0.25) is 4.90 Å². The number of ether oxygens (including phenoxy) is 1. The van der Waals surface area contributed by atoms with E-state index < -0.39 is 0 Å². The van der Waals surface area contributed by atoms with Crippen molar-refractivity contribution in [2.24, 2.45) is 7.05 Å². The van der Waals surface area contributed by atoms with Gasteiger partial charge in [0.2, 0.25) is 0 Å². The summed E-state index contributed by atoms with van der Waals surface area (Å²) in [7, 11) is 2.06. The zero-order chi connectivity index (χ0) is 17.2. The topological polar surface area (TPSA) is 50.5 Å². The zero-order valence-electron chi connectivity index (χ0n) is 14.4. The molecule has 1 N–H and O–H groups in total. The van der Waals surface area contributed by atoms with E-state index in [1.165, 1.54) is 0 Å². The highest BCUT2D eigenvalue weighted by molar-refractivity contribution is 5.75. The second kappa shape index (κ2) is 6.86. The monoisotopic (exact) mass is 337 g/mol. The third-order valence-corrected chi connectivity index (χ3v) is 5.03. The molecule has 3 aromatic rings. The lowest BCUT2D eigenvalue weighted by Crippen LogP contribution is -2.34. The largest absolute Gasteiger partial charge is 0.492 e. The van der Waals surface area contributed by atoms with Gasteiger partial charge in [0.25, 0.3) is 0 Å². The molecule has 130 valence electrons. The van der Waals surface area contributed by atoms with Crippen LogP contribution in [0.1, 0.15) is 17.4 Å². The molecule has 0 radical (unpaired) electrons. The number of hydrogen-bond donors (Lipinski definition) is 1. The van der Waals surface area contributed by atoms with Crippen molar-refractivity contribution in [3.05, 3.63) is 59.9 Å². The van der Waals surface area contributed by atoms with Crippen LogP contribution in [0.3, 0.4) is 0 Å². The van der Waals surface area contributed by atoms with Crippen molar-refractivity contribution in [1.82, 2.24) is 14.5 Å². The molecule has 0 spiro atoms. The highest BCUT2D eigenvalue weighted by Gasteiger charge is 2.26. The standard InChI is InChI=1S/C20H23N3O2/c1-22-17-8-4-3-7-16(17)21-20(22)10-11-23-12-13-25-19-9-5-2-6-15(19)18(23)14-24/h2-9,18,24H,10-14H2,1H3/t18-/m0/s1. The van der Waals surface area contributed by atoms with Crippen LogP contribution in [0, 0.1) is 0 Å². The number of aliphatic hydroxyl groups is 1. The third kappa shape index (κ3) is 3.01. The highest BCUT2D eigenvalue weighted by Crippen LogP contribution is 2.31. The second-order valence-corrected chi connectivity index (χ2v) is 6.45. The molecule has 0 saturated heterocycles.